The molecule has 1 aliphatic heterocycles. The van der Waals surface area contributed by atoms with Crippen molar-refractivity contribution in [1.29, 1.82) is 0 Å². The predicted octanol–water partition coefficient (Wildman–Crippen LogP) is 3.64. The SMILES string of the molecule is C[C@@H]1C[C@@](CC(=O)O)(c2ccc(Cl)cc2)C[C@H](C)O1. The Bertz CT molecular complexity index is 445. The summed E-state index contributed by atoms with van der Waals surface area (Å²) < 4.78 is 5.75. The number of halogens is 1. The lowest BCUT2D eigenvalue weighted by Crippen LogP contribution is -2.42. The number of aliphatic carboxylic acids is 1. The van der Waals surface area contributed by atoms with Crippen LogP contribution in [0.3, 0.4) is 0 Å². The van der Waals surface area contributed by atoms with Crippen LogP contribution in [0.15, 0.2) is 24.3 Å². The summed E-state index contributed by atoms with van der Waals surface area (Å²) in [5, 5.41) is 9.92. The minimum absolute atomic E-state index is 0.0683. The lowest BCUT2D eigenvalue weighted by atomic mass is 9.68. The molecule has 0 aromatic heterocycles. The molecule has 1 saturated heterocycles. The summed E-state index contributed by atoms with van der Waals surface area (Å²) in [6.07, 6.45) is 1.72. The van der Waals surface area contributed by atoms with Crippen molar-refractivity contribution in [3.05, 3.63) is 34.9 Å². The monoisotopic (exact) mass is 282 g/mol. The van der Waals surface area contributed by atoms with E-state index in [0.717, 1.165) is 18.4 Å². The number of rotatable bonds is 3. The van der Waals surface area contributed by atoms with E-state index in [0.29, 0.717) is 5.02 Å². The van der Waals surface area contributed by atoms with Crippen molar-refractivity contribution < 1.29 is 14.6 Å². The fourth-order valence-electron chi connectivity index (χ4n) is 3.25. The Morgan fingerprint density at radius 3 is 2.32 bits per heavy atom. The first-order valence-electron chi connectivity index (χ1n) is 6.54. The number of carbonyl (C=O) groups is 1. The Hall–Kier alpha value is -1.06. The average molecular weight is 283 g/mol. The minimum atomic E-state index is -0.767. The molecule has 1 aromatic carbocycles. The van der Waals surface area contributed by atoms with Gasteiger partial charge in [-0.3, -0.25) is 4.79 Å². The van der Waals surface area contributed by atoms with E-state index in [9.17, 15) is 9.90 Å². The lowest BCUT2D eigenvalue weighted by Gasteiger charge is -2.42. The van der Waals surface area contributed by atoms with Gasteiger partial charge in [0.2, 0.25) is 0 Å². The van der Waals surface area contributed by atoms with Gasteiger partial charge in [0.05, 0.1) is 18.6 Å². The molecule has 0 bridgehead atoms. The quantitative estimate of drug-likeness (QED) is 0.921. The summed E-state index contributed by atoms with van der Waals surface area (Å²) in [6, 6.07) is 7.53. The number of hydrogen-bond donors (Lipinski definition) is 1. The van der Waals surface area contributed by atoms with Crippen molar-refractivity contribution in [3.63, 3.8) is 0 Å². The Kier molecular flexibility index (Phi) is 4.16. The van der Waals surface area contributed by atoms with E-state index in [1.165, 1.54) is 0 Å². The highest BCUT2D eigenvalue weighted by atomic mass is 35.5. The normalized spacial score (nSPS) is 31.1. The minimum Gasteiger partial charge on any atom is -0.481 e. The van der Waals surface area contributed by atoms with E-state index in [4.69, 9.17) is 16.3 Å². The maximum atomic E-state index is 11.3. The van der Waals surface area contributed by atoms with Crippen LogP contribution in [-0.4, -0.2) is 23.3 Å². The highest BCUT2D eigenvalue weighted by molar-refractivity contribution is 6.30. The molecule has 0 aliphatic carbocycles. The number of carboxylic acids is 1. The fourth-order valence-corrected chi connectivity index (χ4v) is 3.38. The van der Waals surface area contributed by atoms with Crippen molar-refractivity contribution in [1.82, 2.24) is 0 Å². The van der Waals surface area contributed by atoms with Crippen molar-refractivity contribution >= 4 is 17.6 Å². The van der Waals surface area contributed by atoms with Crippen LogP contribution in [0.5, 0.6) is 0 Å². The van der Waals surface area contributed by atoms with Gasteiger partial charge in [0.25, 0.3) is 0 Å². The van der Waals surface area contributed by atoms with Crippen LogP contribution in [0.25, 0.3) is 0 Å². The summed E-state index contributed by atoms with van der Waals surface area (Å²) in [7, 11) is 0. The average Bonchev–Trinajstić information content (AvgIpc) is 2.26. The van der Waals surface area contributed by atoms with Gasteiger partial charge in [-0.25, -0.2) is 0 Å². The molecule has 104 valence electrons. The molecule has 0 radical (unpaired) electrons. The zero-order chi connectivity index (χ0) is 14.0. The number of benzene rings is 1. The molecule has 1 aromatic rings. The van der Waals surface area contributed by atoms with Crippen molar-refractivity contribution in [2.24, 2.45) is 0 Å². The standard InChI is InChI=1S/C15H19ClO3/c1-10-7-15(9-14(17)18,8-11(2)19-10)12-3-5-13(16)6-4-12/h3-6,10-11H,7-9H2,1-2H3,(H,17,18)/t10-,11+,15-. The highest BCUT2D eigenvalue weighted by Crippen LogP contribution is 2.42. The zero-order valence-corrected chi connectivity index (χ0v) is 12.0. The van der Waals surface area contributed by atoms with Gasteiger partial charge in [0.1, 0.15) is 0 Å². The van der Waals surface area contributed by atoms with Crippen LogP contribution in [0, 0.1) is 0 Å². The van der Waals surface area contributed by atoms with E-state index in [1.54, 1.807) is 0 Å². The van der Waals surface area contributed by atoms with Gasteiger partial charge < -0.3 is 9.84 Å². The molecule has 2 rings (SSSR count). The van der Waals surface area contributed by atoms with E-state index in [2.05, 4.69) is 0 Å². The van der Waals surface area contributed by atoms with Crippen LogP contribution in [-0.2, 0) is 14.9 Å². The second-order valence-corrected chi connectivity index (χ2v) is 5.96. The van der Waals surface area contributed by atoms with E-state index < -0.39 is 5.97 Å². The molecule has 3 nitrogen and oxygen atoms in total. The fraction of sp³-hybridized carbons (Fsp3) is 0.533. The summed E-state index contributed by atoms with van der Waals surface area (Å²) >= 11 is 5.92. The molecule has 4 heteroatoms. The molecule has 0 spiro atoms. The van der Waals surface area contributed by atoms with Crippen LogP contribution in [0.4, 0.5) is 0 Å². The van der Waals surface area contributed by atoms with Crippen LogP contribution < -0.4 is 0 Å². The Balaban J connectivity index is 2.38. The smallest absolute Gasteiger partial charge is 0.304 e. The topological polar surface area (TPSA) is 46.5 Å². The van der Waals surface area contributed by atoms with Crippen LogP contribution >= 0.6 is 11.6 Å². The van der Waals surface area contributed by atoms with Gasteiger partial charge >= 0.3 is 5.97 Å². The molecule has 1 aliphatic rings. The largest absolute Gasteiger partial charge is 0.481 e. The number of carboxylic acid groups (broad SMARTS) is 1. The van der Waals surface area contributed by atoms with E-state index in [1.807, 2.05) is 38.1 Å². The summed E-state index contributed by atoms with van der Waals surface area (Å²) in [5.41, 5.74) is 0.689. The number of hydrogen-bond acceptors (Lipinski definition) is 2. The van der Waals surface area contributed by atoms with Gasteiger partial charge in [-0.15, -0.1) is 0 Å². The summed E-state index contributed by atoms with van der Waals surface area (Å²) in [6.45, 7) is 4.00. The third kappa shape index (κ3) is 3.28. The molecule has 0 saturated carbocycles. The molecular weight excluding hydrogens is 264 g/mol. The van der Waals surface area contributed by atoms with E-state index in [-0.39, 0.29) is 24.0 Å². The van der Waals surface area contributed by atoms with Crippen LogP contribution in [0.2, 0.25) is 5.02 Å². The molecule has 1 fully saturated rings. The Morgan fingerprint density at radius 1 is 1.32 bits per heavy atom. The first-order chi connectivity index (χ1) is 8.91. The van der Waals surface area contributed by atoms with Gasteiger partial charge in [-0.2, -0.15) is 0 Å². The molecule has 1 N–H and O–H groups in total. The molecule has 1 heterocycles. The molecule has 0 unspecified atom stereocenters. The van der Waals surface area contributed by atoms with Gasteiger partial charge in [0.15, 0.2) is 0 Å². The van der Waals surface area contributed by atoms with Gasteiger partial charge in [0, 0.05) is 10.4 Å². The molecule has 19 heavy (non-hydrogen) atoms. The molecule has 0 amide bonds. The third-order valence-electron chi connectivity index (χ3n) is 3.77. The predicted molar refractivity (Wildman–Crippen MR) is 74.6 cm³/mol. The molecular formula is C15H19ClO3. The maximum absolute atomic E-state index is 11.3. The van der Waals surface area contributed by atoms with Crippen molar-refractivity contribution in [2.45, 2.75) is 50.7 Å². The first kappa shape index (κ1) is 14.4. The highest BCUT2D eigenvalue weighted by Gasteiger charge is 2.41. The zero-order valence-electron chi connectivity index (χ0n) is 11.2. The van der Waals surface area contributed by atoms with Gasteiger partial charge in [-0.05, 0) is 44.4 Å². The van der Waals surface area contributed by atoms with Gasteiger partial charge in [-0.1, -0.05) is 23.7 Å². The second-order valence-electron chi connectivity index (χ2n) is 5.52. The van der Waals surface area contributed by atoms with Crippen LogP contribution in [0.1, 0.15) is 38.7 Å². The second kappa shape index (κ2) is 5.51. The third-order valence-corrected chi connectivity index (χ3v) is 4.02. The summed E-state index contributed by atoms with van der Waals surface area (Å²) in [5.74, 6) is -0.767. The van der Waals surface area contributed by atoms with E-state index >= 15 is 0 Å². The Labute approximate surface area is 118 Å². The first-order valence-corrected chi connectivity index (χ1v) is 6.92. The summed E-state index contributed by atoms with van der Waals surface area (Å²) in [4.78, 5) is 11.3. The van der Waals surface area contributed by atoms with Crippen molar-refractivity contribution in [2.75, 3.05) is 0 Å². The van der Waals surface area contributed by atoms with Crippen molar-refractivity contribution in [3.8, 4) is 0 Å². The maximum Gasteiger partial charge on any atom is 0.304 e. The molecule has 3 atom stereocenters. The number of ether oxygens (including phenoxy) is 1. The lowest BCUT2D eigenvalue weighted by molar-refractivity contribution is -0.141. The Morgan fingerprint density at radius 2 is 1.84 bits per heavy atom.